The summed E-state index contributed by atoms with van der Waals surface area (Å²) in [5.41, 5.74) is 6.56. The number of imide groups is 1. The number of para-hydroxylation sites is 1. The summed E-state index contributed by atoms with van der Waals surface area (Å²) in [6.45, 7) is 2.45. The molecule has 1 saturated heterocycles. The zero-order chi connectivity index (χ0) is 27.6. The molecule has 6 rings (SSSR count). The highest BCUT2D eigenvalue weighted by Gasteiger charge is 2.37. The highest BCUT2D eigenvalue weighted by Crippen LogP contribution is 2.27. The first kappa shape index (κ1) is 25.7. The number of halogens is 1. The molecule has 0 bridgehead atoms. The van der Waals surface area contributed by atoms with Gasteiger partial charge in [0.25, 0.3) is 5.91 Å². The van der Waals surface area contributed by atoms with Crippen molar-refractivity contribution in [3.63, 3.8) is 0 Å². The van der Waals surface area contributed by atoms with Gasteiger partial charge in [0.2, 0.25) is 0 Å². The van der Waals surface area contributed by atoms with Gasteiger partial charge in [-0.2, -0.15) is 5.10 Å². The molecule has 200 valence electrons. The number of rotatable bonds is 7. The number of H-pyrrole nitrogens is 1. The van der Waals surface area contributed by atoms with E-state index in [9.17, 15) is 9.59 Å². The van der Waals surface area contributed by atoms with E-state index >= 15 is 0 Å². The third-order valence-electron chi connectivity index (χ3n) is 7.27. The average molecular weight is 551 g/mol. The molecule has 2 N–H and O–H groups in total. The van der Waals surface area contributed by atoms with E-state index in [0.29, 0.717) is 18.0 Å². The van der Waals surface area contributed by atoms with Crippen molar-refractivity contribution in [1.82, 2.24) is 29.8 Å². The van der Waals surface area contributed by atoms with E-state index in [1.54, 1.807) is 16.9 Å². The number of benzene rings is 2. The highest BCUT2D eigenvalue weighted by atomic mass is 35.5. The lowest BCUT2D eigenvalue weighted by molar-refractivity contribution is -0.127. The summed E-state index contributed by atoms with van der Waals surface area (Å²) in [4.78, 5) is 34.4. The molecule has 8 nitrogen and oxygen atoms in total. The molecule has 1 fully saturated rings. The van der Waals surface area contributed by atoms with Crippen LogP contribution >= 0.6 is 11.6 Å². The first-order valence-corrected chi connectivity index (χ1v) is 13.6. The molecule has 1 atom stereocenters. The number of nitrogens with zero attached hydrogens (tertiary/aromatic N) is 4. The number of amides is 3. The van der Waals surface area contributed by atoms with Crippen molar-refractivity contribution >= 4 is 40.1 Å². The van der Waals surface area contributed by atoms with Crippen molar-refractivity contribution in [2.75, 3.05) is 6.54 Å². The first-order chi connectivity index (χ1) is 19.5. The lowest BCUT2D eigenvalue weighted by Crippen LogP contribution is -2.33. The number of carbonyl (C=O) groups is 2. The fourth-order valence-corrected chi connectivity index (χ4v) is 5.39. The summed E-state index contributed by atoms with van der Waals surface area (Å²) >= 11 is 6.26. The van der Waals surface area contributed by atoms with Crippen LogP contribution in [0.4, 0.5) is 4.79 Å². The zero-order valence-electron chi connectivity index (χ0n) is 21.9. The van der Waals surface area contributed by atoms with E-state index in [0.717, 1.165) is 58.2 Å². The summed E-state index contributed by atoms with van der Waals surface area (Å²) in [6, 6.07) is 14.8. The van der Waals surface area contributed by atoms with E-state index in [1.165, 1.54) is 10.5 Å². The number of carbonyl (C=O) groups excluding carboxylic acids is 2. The van der Waals surface area contributed by atoms with E-state index in [2.05, 4.69) is 51.3 Å². The predicted molar refractivity (Wildman–Crippen MR) is 154 cm³/mol. The van der Waals surface area contributed by atoms with Gasteiger partial charge in [-0.3, -0.25) is 9.69 Å². The molecule has 3 aromatic heterocycles. The molecule has 9 heteroatoms. The van der Waals surface area contributed by atoms with Crippen LogP contribution < -0.4 is 5.32 Å². The Bertz CT molecular complexity index is 1810. The number of fused-ring (bicyclic) bond motifs is 2. The van der Waals surface area contributed by atoms with Gasteiger partial charge in [0.05, 0.1) is 16.7 Å². The maximum atomic E-state index is 13.0. The second-order valence-electron chi connectivity index (χ2n) is 9.97. The summed E-state index contributed by atoms with van der Waals surface area (Å²) in [7, 11) is 0. The van der Waals surface area contributed by atoms with Crippen LogP contribution in [0.25, 0.3) is 16.6 Å². The quantitative estimate of drug-likeness (QED) is 0.168. The van der Waals surface area contributed by atoms with E-state index < -0.39 is 6.04 Å². The lowest BCUT2D eigenvalue weighted by Gasteiger charge is -2.13. The monoisotopic (exact) mass is 550 g/mol. The molecule has 0 radical (unpaired) electrons. The van der Waals surface area contributed by atoms with Crippen LogP contribution in [0, 0.1) is 18.8 Å². The van der Waals surface area contributed by atoms with E-state index in [-0.39, 0.29) is 11.9 Å². The number of imidazole rings is 1. The van der Waals surface area contributed by atoms with Crippen LogP contribution in [-0.2, 0) is 17.6 Å². The van der Waals surface area contributed by atoms with Crippen LogP contribution in [0.5, 0.6) is 0 Å². The number of urea groups is 1. The predicted octanol–water partition coefficient (Wildman–Crippen LogP) is 5.06. The van der Waals surface area contributed by atoms with Gasteiger partial charge in [0, 0.05) is 36.3 Å². The Kier molecular flexibility index (Phi) is 6.97. The van der Waals surface area contributed by atoms with Crippen LogP contribution in [-0.4, -0.2) is 49.0 Å². The van der Waals surface area contributed by atoms with Gasteiger partial charge in [-0.05, 0) is 73.1 Å². The number of unbranched alkanes of at least 4 members (excludes halogenated alkanes) is 1. The summed E-state index contributed by atoms with van der Waals surface area (Å²) in [5, 5.41) is 8.74. The molecular formula is C31H27ClN6O2. The van der Waals surface area contributed by atoms with Gasteiger partial charge in [-0.15, -0.1) is 0 Å². The molecule has 40 heavy (non-hydrogen) atoms. The summed E-state index contributed by atoms with van der Waals surface area (Å²) in [5.74, 6) is 6.22. The topological polar surface area (TPSA) is 95.4 Å². The van der Waals surface area contributed by atoms with Crippen molar-refractivity contribution < 1.29 is 9.59 Å². The van der Waals surface area contributed by atoms with Crippen molar-refractivity contribution in [3.05, 3.63) is 100 Å². The average Bonchev–Trinajstić information content (AvgIpc) is 3.63. The fourth-order valence-electron chi connectivity index (χ4n) is 5.16. The highest BCUT2D eigenvalue weighted by molar-refractivity contribution is 6.35. The molecular weight excluding hydrogens is 524 g/mol. The van der Waals surface area contributed by atoms with E-state index in [4.69, 9.17) is 11.6 Å². The number of hydrogen-bond acceptors (Lipinski definition) is 4. The van der Waals surface area contributed by atoms with Crippen molar-refractivity contribution in [3.8, 4) is 11.8 Å². The van der Waals surface area contributed by atoms with Crippen LogP contribution in [0.3, 0.4) is 0 Å². The maximum absolute atomic E-state index is 13.0. The fraction of sp³-hybridized carbons (Fsp3) is 0.226. The number of aromatic amines is 1. The molecule has 0 aliphatic carbocycles. The smallest absolute Gasteiger partial charge is 0.324 e. The van der Waals surface area contributed by atoms with Crippen molar-refractivity contribution in [2.45, 2.75) is 38.6 Å². The number of hydrogen-bond donors (Lipinski definition) is 2. The zero-order valence-corrected chi connectivity index (χ0v) is 22.7. The Morgan fingerprint density at radius 3 is 2.85 bits per heavy atom. The van der Waals surface area contributed by atoms with Crippen LogP contribution in [0.15, 0.2) is 67.1 Å². The van der Waals surface area contributed by atoms with Crippen LogP contribution in [0.2, 0.25) is 5.02 Å². The largest absolute Gasteiger partial charge is 0.360 e. The van der Waals surface area contributed by atoms with Crippen molar-refractivity contribution in [1.29, 1.82) is 0 Å². The van der Waals surface area contributed by atoms with Gasteiger partial charge in [-0.1, -0.05) is 41.8 Å². The Balaban J connectivity index is 1.02. The molecule has 1 aliphatic heterocycles. The Morgan fingerprint density at radius 1 is 1.07 bits per heavy atom. The SMILES string of the molecule is Cc1cc(CCCCN2C(=O)NC(Cc3c[nH]c4c(Cl)cccc34)C2=O)ccc1C#Cc1cnc2cccnn12. The normalized spacial score (nSPS) is 15.1. The Labute approximate surface area is 236 Å². The van der Waals surface area contributed by atoms with Gasteiger partial charge in [0.15, 0.2) is 5.65 Å². The molecule has 1 aliphatic rings. The van der Waals surface area contributed by atoms with Gasteiger partial charge in [-0.25, -0.2) is 14.3 Å². The molecule has 0 saturated carbocycles. The minimum absolute atomic E-state index is 0.179. The molecule has 2 aromatic carbocycles. The number of aromatic nitrogens is 4. The first-order valence-electron chi connectivity index (χ1n) is 13.2. The minimum atomic E-state index is -0.571. The van der Waals surface area contributed by atoms with Gasteiger partial charge >= 0.3 is 6.03 Å². The standard InChI is InChI=1S/C31H27ClN6O2/c1-20-16-21(10-11-22(20)12-13-24-19-33-28-9-5-14-35-38(24)28)6-2-3-15-37-30(39)27(36-31(37)40)17-23-18-34-29-25(23)7-4-8-26(29)32/h4-5,7-11,14,16,18-19,27,34H,2-3,6,15,17H2,1H3,(H,36,40). The minimum Gasteiger partial charge on any atom is -0.360 e. The lowest BCUT2D eigenvalue weighted by atomic mass is 10.0. The van der Waals surface area contributed by atoms with E-state index in [1.807, 2.05) is 42.6 Å². The summed E-state index contributed by atoms with van der Waals surface area (Å²) in [6.07, 6.45) is 8.17. The maximum Gasteiger partial charge on any atom is 0.324 e. The number of aryl methyl sites for hydroxylation is 2. The molecule has 5 aromatic rings. The Hall–Kier alpha value is -4.61. The second-order valence-corrected chi connectivity index (χ2v) is 10.4. The second kappa shape index (κ2) is 10.9. The number of nitrogens with one attached hydrogen (secondary N) is 2. The molecule has 0 spiro atoms. The Morgan fingerprint density at radius 2 is 1.98 bits per heavy atom. The molecule has 1 unspecified atom stereocenters. The van der Waals surface area contributed by atoms with Gasteiger partial charge in [0.1, 0.15) is 11.7 Å². The molecule has 3 amide bonds. The molecule has 4 heterocycles. The van der Waals surface area contributed by atoms with Gasteiger partial charge < -0.3 is 10.3 Å². The van der Waals surface area contributed by atoms with Crippen molar-refractivity contribution in [2.24, 2.45) is 0 Å². The third kappa shape index (κ3) is 5.04. The summed E-state index contributed by atoms with van der Waals surface area (Å²) < 4.78 is 1.72. The third-order valence-corrected chi connectivity index (χ3v) is 7.59. The van der Waals surface area contributed by atoms with Crippen LogP contribution in [0.1, 0.15) is 40.8 Å².